The summed E-state index contributed by atoms with van der Waals surface area (Å²) >= 11 is 1.23. The number of anilines is 1. The molecule has 2 N–H and O–H groups in total. The van der Waals surface area contributed by atoms with Crippen molar-refractivity contribution in [3.05, 3.63) is 50.9 Å². The number of aryl methyl sites for hydroxylation is 3. The van der Waals surface area contributed by atoms with Crippen LogP contribution in [0, 0.1) is 13.8 Å². The van der Waals surface area contributed by atoms with E-state index in [-0.39, 0.29) is 17.2 Å². The number of nitrogens with one attached hydrogen (secondary N) is 2. The number of carbonyl (C=O) groups is 1. The van der Waals surface area contributed by atoms with Crippen molar-refractivity contribution in [2.45, 2.75) is 45.7 Å². The lowest BCUT2D eigenvalue weighted by Gasteiger charge is -2.14. The summed E-state index contributed by atoms with van der Waals surface area (Å²) in [7, 11) is 0. The zero-order valence-electron chi connectivity index (χ0n) is 14.5. The van der Waals surface area contributed by atoms with E-state index in [0.717, 1.165) is 29.7 Å². The highest BCUT2D eigenvalue weighted by molar-refractivity contribution is 7.99. The third-order valence-electron chi connectivity index (χ3n) is 3.98. The van der Waals surface area contributed by atoms with Gasteiger partial charge in [-0.15, -0.1) is 0 Å². The number of thioether (sulfide) groups is 1. The molecule has 0 unspecified atom stereocenters. The molecule has 1 heterocycles. The number of para-hydroxylation sites is 1. The van der Waals surface area contributed by atoms with Crippen molar-refractivity contribution in [1.82, 2.24) is 9.97 Å². The van der Waals surface area contributed by atoms with Gasteiger partial charge in [0.25, 0.3) is 5.56 Å². The summed E-state index contributed by atoms with van der Waals surface area (Å²) in [6.07, 6.45) is 1.73. The van der Waals surface area contributed by atoms with Crippen LogP contribution in [0.5, 0.6) is 0 Å². The lowest BCUT2D eigenvalue weighted by atomic mass is 10.0. The van der Waals surface area contributed by atoms with Crippen LogP contribution in [0.4, 0.5) is 5.69 Å². The first-order valence-corrected chi connectivity index (χ1v) is 9.05. The Bertz CT molecular complexity index is 777. The molecular weight excluding hydrogens is 322 g/mol. The number of nitrogens with zero attached hydrogens (tertiary/aromatic N) is 1. The highest BCUT2D eigenvalue weighted by Crippen LogP contribution is 2.23. The van der Waals surface area contributed by atoms with Gasteiger partial charge in [-0.05, 0) is 37.8 Å². The maximum Gasteiger partial charge on any atom is 0.254 e. The highest BCUT2D eigenvalue weighted by atomic mass is 32.2. The lowest BCUT2D eigenvalue weighted by molar-refractivity contribution is -0.113. The fraction of sp³-hybridized carbons (Fsp3) is 0.389. The Morgan fingerprint density at radius 1 is 1.21 bits per heavy atom. The SMILES string of the molecule is CCc1cccc(CC)c1NC(=O)CSc1nc(C)c(C)c(=O)[nH]1. The fourth-order valence-electron chi connectivity index (χ4n) is 2.40. The number of hydrogen-bond acceptors (Lipinski definition) is 4. The second-order valence-corrected chi connectivity index (χ2v) is 6.54. The standard InChI is InChI=1S/C18H23N3O2S/c1-5-13-8-7-9-14(6-2)16(13)20-15(22)10-24-18-19-12(4)11(3)17(23)21-18/h7-9H,5-6,10H2,1-4H3,(H,20,22)(H,19,21,23). The van der Waals surface area contributed by atoms with Crippen molar-refractivity contribution >= 4 is 23.4 Å². The molecule has 0 aliphatic rings. The van der Waals surface area contributed by atoms with Crippen LogP contribution >= 0.6 is 11.8 Å². The van der Waals surface area contributed by atoms with Crippen molar-refractivity contribution < 1.29 is 4.79 Å². The lowest BCUT2D eigenvalue weighted by Crippen LogP contribution is -2.18. The molecule has 0 spiro atoms. The molecule has 1 aromatic carbocycles. The zero-order valence-corrected chi connectivity index (χ0v) is 15.3. The first-order chi connectivity index (χ1) is 11.5. The monoisotopic (exact) mass is 345 g/mol. The Balaban J connectivity index is 2.08. The van der Waals surface area contributed by atoms with Gasteiger partial charge in [-0.3, -0.25) is 9.59 Å². The van der Waals surface area contributed by atoms with Gasteiger partial charge in [-0.1, -0.05) is 43.8 Å². The minimum absolute atomic E-state index is 0.100. The number of aromatic nitrogens is 2. The minimum Gasteiger partial charge on any atom is -0.325 e. The van der Waals surface area contributed by atoms with Gasteiger partial charge >= 0.3 is 0 Å². The summed E-state index contributed by atoms with van der Waals surface area (Å²) in [5, 5.41) is 3.48. The molecule has 0 aliphatic carbocycles. The Labute approximate surface area is 146 Å². The average Bonchev–Trinajstić information content (AvgIpc) is 2.57. The van der Waals surface area contributed by atoms with E-state index in [9.17, 15) is 9.59 Å². The number of H-pyrrole nitrogens is 1. The van der Waals surface area contributed by atoms with Crippen LogP contribution in [0.2, 0.25) is 0 Å². The first kappa shape index (κ1) is 18.3. The molecule has 0 radical (unpaired) electrons. The summed E-state index contributed by atoms with van der Waals surface area (Å²) in [5.74, 6) is 0.101. The van der Waals surface area contributed by atoms with Crippen LogP contribution in [0.25, 0.3) is 0 Å². The van der Waals surface area contributed by atoms with E-state index >= 15 is 0 Å². The number of benzene rings is 1. The second kappa shape index (κ2) is 8.15. The molecule has 0 bridgehead atoms. The van der Waals surface area contributed by atoms with Crippen molar-refractivity contribution in [2.24, 2.45) is 0 Å². The summed E-state index contributed by atoms with van der Waals surface area (Å²) in [6, 6.07) is 6.08. The van der Waals surface area contributed by atoms with E-state index in [1.165, 1.54) is 11.8 Å². The number of amides is 1. The summed E-state index contributed by atoms with van der Waals surface area (Å²) in [6.45, 7) is 7.67. The maximum absolute atomic E-state index is 12.3. The Kier molecular flexibility index (Phi) is 6.20. The predicted octanol–water partition coefficient (Wildman–Crippen LogP) is 3.24. The van der Waals surface area contributed by atoms with Crippen LogP contribution in [-0.2, 0) is 17.6 Å². The molecule has 1 aromatic heterocycles. The van der Waals surface area contributed by atoms with E-state index in [2.05, 4.69) is 29.1 Å². The molecule has 0 aliphatic heterocycles. The first-order valence-electron chi connectivity index (χ1n) is 8.07. The summed E-state index contributed by atoms with van der Waals surface area (Å²) < 4.78 is 0. The molecule has 6 heteroatoms. The van der Waals surface area contributed by atoms with Gasteiger partial charge in [0, 0.05) is 16.9 Å². The normalized spacial score (nSPS) is 10.7. The third-order valence-corrected chi connectivity index (χ3v) is 4.85. The minimum atomic E-state index is -0.157. The van der Waals surface area contributed by atoms with Crippen molar-refractivity contribution in [2.75, 3.05) is 11.1 Å². The fourth-order valence-corrected chi connectivity index (χ4v) is 3.11. The summed E-state index contributed by atoms with van der Waals surface area (Å²) in [5.41, 5.74) is 4.31. The molecule has 5 nitrogen and oxygen atoms in total. The van der Waals surface area contributed by atoms with E-state index in [0.29, 0.717) is 16.4 Å². The van der Waals surface area contributed by atoms with Crippen molar-refractivity contribution in [3.8, 4) is 0 Å². The average molecular weight is 345 g/mol. The van der Waals surface area contributed by atoms with Crippen LogP contribution < -0.4 is 10.9 Å². The van der Waals surface area contributed by atoms with Crippen LogP contribution in [-0.4, -0.2) is 21.6 Å². The molecule has 0 saturated carbocycles. The molecule has 128 valence electrons. The number of carbonyl (C=O) groups excluding carboxylic acids is 1. The molecule has 0 fully saturated rings. The zero-order chi connectivity index (χ0) is 17.7. The molecule has 2 rings (SSSR count). The van der Waals surface area contributed by atoms with E-state index in [1.807, 2.05) is 18.2 Å². The van der Waals surface area contributed by atoms with E-state index < -0.39 is 0 Å². The number of aromatic amines is 1. The van der Waals surface area contributed by atoms with Gasteiger partial charge in [0.2, 0.25) is 5.91 Å². The smallest absolute Gasteiger partial charge is 0.254 e. The molecule has 24 heavy (non-hydrogen) atoms. The van der Waals surface area contributed by atoms with Crippen molar-refractivity contribution in [1.29, 1.82) is 0 Å². The van der Waals surface area contributed by atoms with Gasteiger partial charge < -0.3 is 10.3 Å². The summed E-state index contributed by atoms with van der Waals surface area (Å²) in [4.78, 5) is 31.1. The topological polar surface area (TPSA) is 74.8 Å². The van der Waals surface area contributed by atoms with Gasteiger partial charge in [-0.2, -0.15) is 0 Å². The van der Waals surface area contributed by atoms with Gasteiger partial charge in [-0.25, -0.2) is 4.98 Å². The molecule has 2 aromatic rings. The van der Waals surface area contributed by atoms with E-state index in [1.54, 1.807) is 13.8 Å². The highest BCUT2D eigenvalue weighted by Gasteiger charge is 2.12. The van der Waals surface area contributed by atoms with Crippen molar-refractivity contribution in [3.63, 3.8) is 0 Å². The molecule has 1 amide bonds. The second-order valence-electron chi connectivity index (χ2n) is 5.58. The largest absolute Gasteiger partial charge is 0.325 e. The van der Waals surface area contributed by atoms with Gasteiger partial charge in [0.1, 0.15) is 0 Å². The molecule has 0 saturated heterocycles. The quantitative estimate of drug-likeness (QED) is 0.622. The predicted molar refractivity (Wildman–Crippen MR) is 98.9 cm³/mol. The molecular formula is C18H23N3O2S. The van der Waals surface area contributed by atoms with Gasteiger partial charge in [0.05, 0.1) is 5.75 Å². The van der Waals surface area contributed by atoms with Gasteiger partial charge in [0.15, 0.2) is 5.16 Å². The van der Waals surface area contributed by atoms with Crippen LogP contribution in [0.15, 0.2) is 28.2 Å². The van der Waals surface area contributed by atoms with E-state index in [4.69, 9.17) is 0 Å². The van der Waals surface area contributed by atoms with Crippen LogP contribution in [0.1, 0.15) is 36.2 Å². The number of rotatable bonds is 6. The Hall–Kier alpha value is -2.08. The Morgan fingerprint density at radius 3 is 2.38 bits per heavy atom. The Morgan fingerprint density at radius 2 is 1.83 bits per heavy atom. The molecule has 0 atom stereocenters. The maximum atomic E-state index is 12.3. The third kappa shape index (κ3) is 4.26. The van der Waals surface area contributed by atoms with Crippen LogP contribution in [0.3, 0.4) is 0 Å². The number of hydrogen-bond donors (Lipinski definition) is 2.